The molecule has 0 aliphatic rings. The quantitative estimate of drug-likeness (QED) is 0.814. The first-order valence-corrected chi connectivity index (χ1v) is 5.00. The van der Waals surface area contributed by atoms with E-state index in [1.807, 2.05) is 21.8 Å². The molecular weight excluding hydrogens is 190 g/mol. The molecule has 0 saturated carbocycles. The minimum Gasteiger partial charge on any atom is -0.396 e. The summed E-state index contributed by atoms with van der Waals surface area (Å²) >= 11 is 0. The number of hydrogen-bond acceptors (Lipinski definition) is 3. The standard InChI is InChI=1S/C10H15N5/c1-3-15-8(2)9(4-13-15)6-14-7-10(11)5-12-14/h4-5,7H,3,6,11H2,1-2H3. The van der Waals surface area contributed by atoms with E-state index in [4.69, 9.17) is 5.73 Å². The SMILES string of the molecule is CCn1ncc(Cn2cc(N)cn2)c1C. The molecule has 15 heavy (non-hydrogen) atoms. The van der Waals surface area contributed by atoms with Crippen LogP contribution in [0.15, 0.2) is 18.6 Å². The van der Waals surface area contributed by atoms with Crippen molar-refractivity contribution in [3.05, 3.63) is 29.8 Å². The normalized spacial score (nSPS) is 10.8. The van der Waals surface area contributed by atoms with Gasteiger partial charge in [0.2, 0.25) is 0 Å². The largest absolute Gasteiger partial charge is 0.396 e. The predicted octanol–water partition coefficient (Wildman–Crippen LogP) is 1.04. The van der Waals surface area contributed by atoms with Crippen LogP contribution < -0.4 is 5.73 Å². The number of nitrogen functional groups attached to an aromatic ring is 1. The minimum absolute atomic E-state index is 0.690. The van der Waals surface area contributed by atoms with Crippen molar-refractivity contribution in [2.45, 2.75) is 26.9 Å². The monoisotopic (exact) mass is 205 g/mol. The van der Waals surface area contributed by atoms with Crippen molar-refractivity contribution in [2.24, 2.45) is 0 Å². The van der Waals surface area contributed by atoms with Crippen LogP contribution >= 0.6 is 0 Å². The fraction of sp³-hybridized carbons (Fsp3) is 0.400. The molecule has 2 aromatic rings. The van der Waals surface area contributed by atoms with Gasteiger partial charge in [-0.05, 0) is 13.8 Å². The molecule has 5 nitrogen and oxygen atoms in total. The summed E-state index contributed by atoms with van der Waals surface area (Å²) in [4.78, 5) is 0. The molecule has 0 radical (unpaired) electrons. The summed E-state index contributed by atoms with van der Waals surface area (Å²) in [6.07, 6.45) is 5.36. The second-order valence-corrected chi connectivity index (χ2v) is 3.54. The van der Waals surface area contributed by atoms with Crippen LogP contribution in [-0.2, 0) is 13.1 Å². The second-order valence-electron chi connectivity index (χ2n) is 3.54. The van der Waals surface area contributed by atoms with Crippen molar-refractivity contribution >= 4 is 5.69 Å². The Morgan fingerprint density at radius 1 is 1.33 bits per heavy atom. The number of anilines is 1. The topological polar surface area (TPSA) is 61.7 Å². The summed E-state index contributed by atoms with van der Waals surface area (Å²) in [6, 6.07) is 0. The van der Waals surface area contributed by atoms with Crippen molar-refractivity contribution in [1.82, 2.24) is 19.6 Å². The van der Waals surface area contributed by atoms with Gasteiger partial charge < -0.3 is 5.73 Å². The average molecular weight is 205 g/mol. The van der Waals surface area contributed by atoms with Gasteiger partial charge >= 0.3 is 0 Å². The highest BCUT2D eigenvalue weighted by Crippen LogP contribution is 2.09. The van der Waals surface area contributed by atoms with Crippen molar-refractivity contribution in [1.29, 1.82) is 0 Å². The predicted molar refractivity (Wildman–Crippen MR) is 58.4 cm³/mol. The van der Waals surface area contributed by atoms with Gasteiger partial charge in [0.05, 0.1) is 24.6 Å². The lowest BCUT2D eigenvalue weighted by Gasteiger charge is -2.02. The molecule has 0 bridgehead atoms. The van der Waals surface area contributed by atoms with E-state index >= 15 is 0 Å². The number of nitrogens with zero attached hydrogens (tertiary/aromatic N) is 4. The maximum absolute atomic E-state index is 5.60. The van der Waals surface area contributed by atoms with E-state index in [-0.39, 0.29) is 0 Å². The molecule has 0 aliphatic heterocycles. The zero-order valence-electron chi connectivity index (χ0n) is 9.01. The summed E-state index contributed by atoms with van der Waals surface area (Å²) in [6.45, 7) is 5.77. The number of nitrogens with two attached hydrogens (primary N) is 1. The Bertz CT molecular complexity index is 454. The summed E-state index contributed by atoms with van der Waals surface area (Å²) in [7, 11) is 0. The molecule has 0 fully saturated rings. The first-order chi connectivity index (χ1) is 7.20. The van der Waals surface area contributed by atoms with E-state index in [2.05, 4.69) is 24.0 Å². The molecule has 2 heterocycles. The minimum atomic E-state index is 0.690. The van der Waals surface area contributed by atoms with E-state index in [1.54, 1.807) is 6.20 Å². The van der Waals surface area contributed by atoms with Gasteiger partial charge in [0, 0.05) is 24.0 Å². The highest BCUT2D eigenvalue weighted by Gasteiger charge is 2.05. The van der Waals surface area contributed by atoms with E-state index in [9.17, 15) is 0 Å². The van der Waals surface area contributed by atoms with E-state index in [0.29, 0.717) is 5.69 Å². The van der Waals surface area contributed by atoms with Crippen LogP contribution in [0.4, 0.5) is 5.69 Å². The summed E-state index contributed by atoms with van der Waals surface area (Å²) < 4.78 is 3.79. The number of rotatable bonds is 3. The fourth-order valence-electron chi connectivity index (χ4n) is 1.60. The van der Waals surface area contributed by atoms with Crippen LogP contribution in [0.1, 0.15) is 18.2 Å². The van der Waals surface area contributed by atoms with Crippen molar-refractivity contribution < 1.29 is 0 Å². The molecule has 0 atom stereocenters. The number of hydrogen-bond donors (Lipinski definition) is 1. The highest BCUT2D eigenvalue weighted by atomic mass is 15.3. The zero-order chi connectivity index (χ0) is 10.8. The van der Waals surface area contributed by atoms with Crippen LogP contribution in [-0.4, -0.2) is 19.6 Å². The van der Waals surface area contributed by atoms with Gasteiger partial charge in [0.15, 0.2) is 0 Å². The van der Waals surface area contributed by atoms with E-state index in [0.717, 1.165) is 13.1 Å². The lowest BCUT2D eigenvalue weighted by atomic mass is 10.2. The van der Waals surface area contributed by atoms with Crippen molar-refractivity contribution in [3.63, 3.8) is 0 Å². The number of aryl methyl sites for hydroxylation is 1. The van der Waals surface area contributed by atoms with Crippen molar-refractivity contribution in [3.8, 4) is 0 Å². The van der Waals surface area contributed by atoms with Crippen LogP contribution in [0, 0.1) is 6.92 Å². The Morgan fingerprint density at radius 3 is 2.67 bits per heavy atom. The summed E-state index contributed by atoms with van der Waals surface area (Å²) in [5.74, 6) is 0. The van der Waals surface area contributed by atoms with Gasteiger partial charge in [-0.15, -0.1) is 0 Å². The van der Waals surface area contributed by atoms with Gasteiger partial charge in [0.25, 0.3) is 0 Å². The lowest BCUT2D eigenvalue weighted by molar-refractivity contribution is 0.633. The Labute approximate surface area is 88.5 Å². The number of aromatic nitrogens is 4. The zero-order valence-corrected chi connectivity index (χ0v) is 9.01. The Kier molecular flexibility index (Phi) is 2.45. The van der Waals surface area contributed by atoms with Crippen LogP contribution in [0.3, 0.4) is 0 Å². The molecule has 0 aliphatic carbocycles. The second kappa shape index (κ2) is 3.76. The third-order valence-corrected chi connectivity index (χ3v) is 2.49. The third-order valence-electron chi connectivity index (χ3n) is 2.49. The smallest absolute Gasteiger partial charge is 0.0719 e. The Morgan fingerprint density at radius 2 is 2.13 bits per heavy atom. The van der Waals surface area contributed by atoms with Gasteiger partial charge in [-0.2, -0.15) is 10.2 Å². The van der Waals surface area contributed by atoms with Gasteiger partial charge in [-0.1, -0.05) is 0 Å². The van der Waals surface area contributed by atoms with Crippen LogP contribution in [0.25, 0.3) is 0 Å². The molecule has 2 aromatic heterocycles. The van der Waals surface area contributed by atoms with E-state index < -0.39 is 0 Å². The van der Waals surface area contributed by atoms with Gasteiger partial charge in [-0.25, -0.2) is 0 Å². The Hall–Kier alpha value is -1.78. The third kappa shape index (κ3) is 1.86. The van der Waals surface area contributed by atoms with Crippen LogP contribution in [0.2, 0.25) is 0 Å². The summed E-state index contributed by atoms with van der Waals surface area (Å²) in [5, 5.41) is 8.42. The first kappa shape index (κ1) is 9.76. The molecular formula is C10H15N5. The fourth-order valence-corrected chi connectivity index (χ4v) is 1.60. The maximum atomic E-state index is 5.60. The van der Waals surface area contributed by atoms with Crippen molar-refractivity contribution in [2.75, 3.05) is 5.73 Å². The first-order valence-electron chi connectivity index (χ1n) is 5.00. The molecule has 0 amide bonds. The highest BCUT2D eigenvalue weighted by molar-refractivity contribution is 5.31. The van der Waals surface area contributed by atoms with Crippen LogP contribution in [0.5, 0.6) is 0 Å². The van der Waals surface area contributed by atoms with E-state index in [1.165, 1.54) is 11.3 Å². The van der Waals surface area contributed by atoms with Gasteiger partial charge in [-0.3, -0.25) is 9.36 Å². The molecule has 0 saturated heterocycles. The average Bonchev–Trinajstić information content (AvgIpc) is 2.76. The summed E-state index contributed by atoms with van der Waals surface area (Å²) in [5.41, 5.74) is 8.65. The Balaban J connectivity index is 2.21. The molecule has 0 aromatic carbocycles. The molecule has 0 unspecified atom stereocenters. The molecule has 2 rings (SSSR count). The maximum Gasteiger partial charge on any atom is 0.0719 e. The molecule has 80 valence electrons. The molecule has 5 heteroatoms. The van der Waals surface area contributed by atoms with Gasteiger partial charge in [0.1, 0.15) is 0 Å². The molecule has 2 N–H and O–H groups in total. The lowest BCUT2D eigenvalue weighted by Crippen LogP contribution is -2.03. The molecule has 0 spiro atoms.